The third-order valence-corrected chi connectivity index (χ3v) is 8.95. The summed E-state index contributed by atoms with van der Waals surface area (Å²) in [6.07, 6.45) is 0. The average molecular weight is 628 g/mol. The van der Waals surface area contributed by atoms with Crippen LogP contribution in [0.1, 0.15) is 0 Å². The maximum atomic E-state index is 6.34. The van der Waals surface area contributed by atoms with Crippen molar-refractivity contribution >= 4 is 21.9 Å². The van der Waals surface area contributed by atoms with Gasteiger partial charge < -0.3 is 4.42 Å². The number of aromatic nitrogens is 3. The van der Waals surface area contributed by atoms with E-state index < -0.39 is 0 Å². The first kappa shape index (κ1) is 28.6. The lowest BCUT2D eigenvalue weighted by molar-refractivity contribution is 0.670. The van der Waals surface area contributed by atoms with Gasteiger partial charge in [0.2, 0.25) is 0 Å². The van der Waals surface area contributed by atoms with Crippen LogP contribution in [-0.4, -0.2) is 15.0 Å². The Balaban J connectivity index is 1.05. The molecule has 9 aromatic rings. The summed E-state index contributed by atoms with van der Waals surface area (Å²) in [5.41, 5.74) is 11.4. The molecule has 7 aromatic carbocycles. The van der Waals surface area contributed by atoms with Crippen LogP contribution in [0, 0.1) is 0 Å². The minimum absolute atomic E-state index is 0.641. The van der Waals surface area contributed by atoms with Gasteiger partial charge in [-0.1, -0.05) is 158 Å². The molecule has 0 N–H and O–H groups in total. The summed E-state index contributed by atoms with van der Waals surface area (Å²) in [5.74, 6) is 1.94. The van der Waals surface area contributed by atoms with Crippen LogP contribution in [0.5, 0.6) is 0 Å². The summed E-state index contributed by atoms with van der Waals surface area (Å²) in [6, 6.07) is 60.5. The van der Waals surface area contributed by atoms with Crippen molar-refractivity contribution in [1.29, 1.82) is 0 Å². The molecule has 0 bridgehead atoms. The van der Waals surface area contributed by atoms with Crippen LogP contribution in [0.4, 0.5) is 0 Å². The van der Waals surface area contributed by atoms with Gasteiger partial charge in [-0.25, -0.2) is 15.0 Å². The standard InChI is InChI=1S/C45H29N3O/c1-3-12-32(13-4-1)43-46-44(33-14-5-2-6-15-33)48-45(47-43)37-19-10-17-35(29-37)31-26-24-30(25-27-31)34-16-9-18-36(28-34)38-21-11-22-40-39-20-7-8-23-41(39)49-42(38)40/h1-29H. The quantitative estimate of drug-likeness (QED) is 0.184. The van der Waals surface area contributed by atoms with E-state index in [1.807, 2.05) is 72.8 Å². The lowest BCUT2D eigenvalue weighted by Gasteiger charge is -2.10. The van der Waals surface area contributed by atoms with Gasteiger partial charge >= 0.3 is 0 Å². The van der Waals surface area contributed by atoms with Crippen LogP contribution in [0.25, 0.3) is 89.5 Å². The summed E-state index contributed by atoms with van der Waals surface area (Å²) in [6.45, 7) is 0. The first-order valence-corrected chi connectivity index (χ1v) is 16.4. The van der Waals surface area contributed by atoms with E-state index in [0.717, 1.165) is 72.0 Å². The average Bonchev–Trinajstić information content (AvgIpc) is 3.58. The second-order valence-corrected chi connectivity index (χ2v) is 12.1. The van der Waals surface area contributed by atoms with Gasteiger partial charge in [0.25, 0.3) is 0 Å². The van der Waals surface area contributed by atoms with E-state index in [1.165, 1.54) is 0 Å². The van der Waals surface area contributed by atoms with E-state index in [-0.39, 0.29) is 0 Å². The van der Waals surface area contributed by atoms with E-state index in [4.69, 9.17) is 19.4 Å². The molecule has 0 saturated carbocycles. The third kappa shape index (κ3) is 5.45. The van der Waals surface area contributed by atoms with Gasteiger partial charge in [-0.2, -0.15) is 0 Å². The van der Waals surface area contributed by atoms with E-state index in [1.54, 1.807) is 0 Å². The minimum atomic E-state index is 0.641. The predicted molar refractivity (Wildman–Crippen MR) is 200 cm³/mol. The minimum Gasteiger partial charge on any atom is -0.455 e. The second kappa shape index (κ2) is 12.2. The Morgan fingerprint density at radius 1 is 0.306 bits per heavy atom. The van der Waals surface area contributed by atoms with Crippen LogP contribution >= 0.6 is 0 Å². The maximum Gasteiger partial charge on any atom is 0.164 e. The summed E-state index contributed by atoms with van der Waals surface area (Å²) < 4.78 is 6.34. The zero-order chi connectivity index (χ0) is 32.6. The van der Waals surface area contributed by atoms with Gasteiger partial charge in [0, 0.05) is 33.0 Å². The first-order chi connectivity index (χ1) is 24.3. The molecule has 0 aliphatic rings. The lowest BCUT2D eigenvalue weighted by atomic mass is 9.96. The fourth-order valence-electron chi connectivity index (χ4n) is 6.47. The Morgan fingerprint density at radius 3 is 1.39 bits per heavy atom. The molecule has 0 aliphatic carbocycles. The normalized spacial score (nSPS) is 11.3. The van der Waals surface area contributed by atoms with Crippen molar-refractivity contribution in [2.45, 2.75) is 0 Å². The van der Waals surface area contributed by atoms with Gasteiger partial charge in [-0.3, -0.25) is 0 Å². The number of fused-ring (bicyclic) bond motifs is 3. The third-order valence-electron chi connectivity index (χ3n) is 8.95. The summed E-state index contributed by atoms with van der Waals surface area (Å²) in [4.78, 5) is 14.7. The van der Waals surface area contributed by atoms with Crippen molar-refractivity contribution in [3.8, 4) is 67.5 Å². The molecular weight excluding hydrogens is 599 g/mol. The first-order valence-electron chi connectivity index (χ1n) is 16.4. The van der Waals surface area contributed by atoms with Gasteiger partial charge in [-0.15, -0.1) is 0 Å². The van der Waals surface area contributed by atoms with E-state index >= 15 is 0 Å². The molecule has 0 unspecified atom stereocenters. The van der Waals surface area contributed by atoms with Crippen molar-refractivity contribution in [2.75, 3.05) is 0 Å². The Morgan fingerprint density at radius 2 is 0.755 bits per heavy atom. The molecular formula is C45H29N3O. The molecule has 0 saturated heterocycles. The van der Waals surface area contributed by atoms with Gasteiger partial charge in [0.05, 0.1) is 0 Å². The topological polar surface area (TPSA) is 51.8 Å². The van der Waals surface area contributed by atoms with Crippen molar-refractivity contribution in [2.24, 2.45) is 0 Å². The van der Waals surface area contributed by atoms with E-state index in [9.17, 15) is 0 Å². The highest BCUT2D eigenvalue weighted by Crippen LogP contribution is 2.37. The summed E-state index contributed by atoms with van der Waals surface area (Å²) in [5, 5.41) is 2.27. The highest BCUT2D eigenvalue weighted by atomic mass is 16.3. The lowest BCUT2D eigenvalue weighted by Crippen LogP contribution is -2.00. The summed E-state index contributed by atoms with van der Waals surface area (Å²) in [7, 11) is 0. The number of hydrogen-bond acceptors (Lipinski definition) is 4. The molecule has 0 amide bonds. The fourth-order valence-corrected chi connectivity index (χ4v) is 6.47. The smallest absolute Gasteiger partial charge is 0.164 e. The maximum absolute atomic E-state index is 6.34. The zero-order valence-corrected chi connectivity index (χ0v) is 26.5. The van der Waals surface area contributed by atoms with E-state index in [0.29, 0.717) is 17.5 Å². The van der Waals surface area contributed by atoms with Crippen LogP contribution in [-0.2, 0) is 0 Å². The zero-order valence-electron chi connectivity index (χ0n) is 26.5. The SMILES string of the molecule is c1ccc(-c2nc(-c3ccccc3)nc(-c3cccc(-c4ccc(-c5cccc(-c6cccc7c6oc6ccccc67)c5)cc4)c3)n2)cc1. The molecule has 4 nitrogen and oxygen atoms in total. The highest BCUT2D eigenvalue weighted by Gasteiger charge is 2.14. The Labute approximate surface area is 284 Å². The molecule has 230 valence electrons. The van der Waals surface area contributed by atoms with Gasteiger partial charge in [-0.05, 0) is 46.0 Å². The highest BCUT2D eigenvalue weighted by molar-refractivity contribution is 6.09. The monoisotopic (exact) mass is 627 g/mol. The second-order valence-electron chi connectivity index (χ2n) is 12.1. The Bertz CT molecular complexity index is 2530. The molecule has 0 atom stereocenters. The van der Waals surface area contributed by atoms with Gasteiger partial charge in [0.1, 0.15) is 11.2 Å². The number of hydrogen-bond donors (Lipinski definition) is 0. The van der Waals surface area contributed by atoms with Gasteiger partial charge in [0.15, 0.2) is 17.5 Å². The van der Waals surface area contributed by atoms with E-state index in [2.05, 4.69) is 103 Å². The largest absolute Gasteiger partial charge is 0.455 e. The molecule has 0 aliphatic heterocycles. The number of rotatable bonds is 6. The Kier molecular flexibility index (Phi) is 7.10. The number of para-hydroxylation sites is 2. The van der Waals surface area contributed by atoms with Crippen molar-refractivity contribution in [1.82, 2.24) is 15.0 Å². The van der Waals surface area contributed by atoms with Crippen LogP contribution in [0.15, 0.2) is 180 Å². The van der Waals surface area contributed by atoms with Crippen LogP contribution < -0.4 is 0 Å². The molecule has 4 heteroatoms. The molecule has 0 spiro atoms. The molecule has 2 aromatic heterocycles. The molecule has 9 rings (SSSR count). The number of benzene rings is 7. The molecule has 0 radical (unpaired) electrons. The van der Waals surface area contributed by atoms with Crippen molar-refractivity contribution in [3.63, 3.8) is 0 Å². The van der Waals surface area contributed by atoms with Crippen molar-refractivity contribution < 1.29 is 4.42 Å². The van der Waals surface area contributed by atoms with Crippen LogP contribution in [0.2, 0.25) is 0 Å². The van der Waals surface area contributed by atoms with Crippen LogP contribution in [0.3, 0.4) is 0 Å². The molecule has 0 fully saturated rings. The Hall–Kier alpha value is -6.65. The summed E-state index contributed by atoms with van der Waals surface area (Å²) >= 11 is 0. The molecule has 49 heavy (non-hydrogen) atoms. The number of furan rings is 1. The fraction of sp³-hybridized carbons (Fsp3) is 0. The molecule has 2 heterocycles. The number of nitrogens with zero attached hydrogens (tertiary/aromatic N) is 3. The predicted octanol–water partition coefficient (Wildman–Crippen LogP) is 11.8. The van der Waals surface area contributed by atoms with Crippen molar-refractivity contribution in [3.05, 3.63) is 176 Å².